The average molecular weight is 263 g/mol. The van der Waals surface area contributed by atoms with Crippen LogP contribution in [0.4, 0.5) is 10.5 Å². The quantitative estimate of drug-likeness (QED) is 0.827. The van der Waals surface area contributed by atoms with E-state index in [1.807, 2.05) is 43.1 Å². The highest BCUT2D eigenvalue weighted by Gasteiger charge is 2.10. The first-order valence-corrected chi connectivity index (χ1v) is 6.95. The number of benzene rings is 1. The number of carbonyl (C=O) groups excluding carboxylic acids is 1. The molecule has 1 aromatic rings. The van der Waals surface area contributed by atoms with Gasteiger partial charge in [0.1, 0.15) is 0 Å². The van der Waals surface area contributed by atoms with Gasteiger partial charge < -0.3 is 15.5 Å². The summed E-state index contributed by atoms with van der Waals surface area (Å²) in [5.74, 6) is 0. The van der Waals surface area contributed by atoms with Gasteiger partial charge in [0.15, 0.2) is 0 Å². The van der Waals surface area contributed by atoms with Crippen LogP contribution in [-0.4, -0.2) is 31.1 Å². The topological polar surface area (TPSA) is 44.4 Å². The van der Waals surface area contributed by atoms with Gasteiger partial charge in [-0.1, -0.05) is 19.1 Å². The monoisotopic (exact) mass is 263 g/mol. The molecule has 0 radical (unpaired) electrons. The molecule has 0 aliphatic carbocycles. The van der Waals surface area contributed by atoms with Gasteiger partial charge in [0.2, 0.25) is 0 Å². The average Bonchev–Trinajstić information content (AvgIpc) is 2.44. The standard InChI is InChI=1S/C15H25N3O/c1-5-11-18(6-2)15(19)17-14-9-7-13(8-10-14)12(3)16-4/h7-10,12,16H,5-6,11H2,1-4H3,(H,17,19). The van der Waals surface area contributed by atoms with Crippen LogP contribution < -0.4 is 10.6 Å². The summed E-state index contributed by atoms with van der Waals surface area (Å²) in [5, 5.41) is 6.12. The molecule has 1 atom stereocenters. The number of nitrogens with zero attached hydrogens (tertiary/aromatic N) is 1. The maximum atomic E-state index is 12.0. The third-order valence-corrected chi connectivity index (χ3v) is 3.26. The second kappa shape index (κ2) is 7.79. The molecule has 4 heteroatoms. The van der Waals surface area contributed by atoms with Crippen LogP contribution in [0.5, 0.6) is 0 Å². The van der Waals surface area contributed by atoms with Crippen molar-refractivity contribution in [2.45, 2.75) is 33.2 Å². The summed E-state index contributed by atoms with van der Waals surface area (Å²) in [7, 11) is 1.93. The van der Waals surface area contributed by atoms with Gasteiger partial charge in [-0.25, -0.2) is 4.79 Å². The van der Waals surface area contributed by atoms with Crippen molar-refractivity contribution in [1.82, 2.24) is 10.2 Å². The Hall–Kier alpha value is -1.55. The van der Waals surface area contributed by atoms with Crippen molar-refractivity contribution in [3.63, 3.8) is 0 Å². The number of carbonyl (C=O) groups is 1. The third kappa shape index (κ3) is 4.56. The summed E-state index contributed by atoms with van der Waals surface area (Å²) in [6.07, 6.45) is 0.972. The van der Waals surface area contributed by atoms with Crippen LogP contribution in [0.2, 0.25) is 0 Å². The third-order valence-electron chi connectivity index (χ3n) is 3.26. The van der Waals surface area contributed by atoms with E-state index < -0.39 is 0 Å². The van der Waals surface area contributed by atoms with Gasteiger partial charge in [-0.2, -0.15) is 0 Å². The summed E-state index contributed by atoms with van der Waals surface area (Å²) in [4.78, 5) is 13.8. The second-order valence-electron chi connectivity index (χ2n) is 4.64. The predicted octanol–water partition coefficient (Wildman–Crippen LogP) is 3.23. The first-order valence-electron chi connectivity index (χ1n) is 6.95. The zero-order valence-electron chi connectivity index (χ0n) is 12.4. The first kappa shape index (κ1) is 15.5. The molecule has 0 fully saturated rings. The van der Waals surface area contributed by atoms with E-state index in [1.54, 1.807) is 0 Å². The molecule has 0 aliphatic rings. The second-order valence-corrected chi connectivity index (χ2v) is 4.64. The zero-order valence-corrected chi connectivity index (χ0v) is 12.4. The molecule has 0 spiro atoms. The van der Waals surface area contributed by atoms with Crippen molar-refractivity contribution in [3.05, 3.63) is 29.8 Å². The highest BCUT2D eigenvalue weighted by atomic mass is 16.2. The summed E-state index contributed by atoms with van der Waals surface area (Å²) in [6.45, 7) is 7.69. The summed E-state index contributed by atoms with van der Waals surface area (Å²) >= 11 is 0. The number of nitrogens with one attached hydrogen (secondary N) is 2. The Kier molecular flexibility index (Phi) is 6.36. The molecule has 0 saturated heterocycles. The van der Waals surface area contributed by atoms with Crippen molar-refractivity contribution in [2.75, 3.05) is 25.5 Å². The van der Waals surface area contributed by atoms with Crippen molar-refractivity contribution in [1.29, 1.82) is 0 Å². The maximum absolute atomic E-state index is 12.0. The van der Waals surface area contributed by atoms with E-state index >= 15 is 0 Å². The minimum absolute atomic E-state index is 0.0289. The predicted molar refractivity (Wildman–Crippen MR) is 80.5 cm³/mol. The number of hydrogen-bond acceptors (Lipinski definition) is 2. The minimum Gasteiger partial charge on any atom is -0.325 e. The van der Waals surface area contributed by atoms with E-state index in [0.29, 0.717) is 6.04 Å². The molecule has 19 heavy (non-hydrogen) atoms. The van der Waals surface area contributed by atoms with Crippen LogP contribution in [0.1, 0.15) is 38.8 Å². The van der Waals surface area contributed by atoms with Crippen LogP contribution in [0.3, 0.4) is 0 Å². The van der Waals surface area contributed by atoms with Gasteiger partial charge in [-0.3, -0.25) is 0 Å². The lowest BCUT2D eigenvalue weighted by atomic mass is 10.1. The fraction of sp³-hybridized carbons (Fsp3) is 0.533. The van der Waals surface area contributed by atoms with Crippen molar-refractivity contribution >= 4 is 11.7 Å². The van der Waals surface area contributed by atoms with Gasteiger partial charge in [-0.05, 0) is 45.0 Å². The fourth-order valence-corrected chi connectivity index (χ4v) is 1.90. The minimum atomic E-state index is -0.0289. The molecule has 1 aromatic carbocycles. The molecule has 0 aromatic heterocycles. The molecule has 2 N–H and O–H groups in total. The maximum Gasteiger partial charge on any atom is 0.321 e. The van der Waals surface area contributed by atoms with Gasteiger partial charge in [-0.15, -0.1) is 0 Å². The molecule has 2 amide bonds. The molecule has 1 rings (SSSR count). The van der Waals surface area contributed by atoms with Crippen molar-refractivity contribution < 1.29 is 4.79 Å². The molecule has 106 valence electrons. The van der Waals surface area contributed by atoms with E-state index in [2.05, 4.69) is 24.5 Å². The first-order chi connectivity index (χ1) is 9.12. The largest absolute Gasteiger partial charge is 0.325 e. The zero-order chi connectivity index (χ0) is 14.3. The molecule has 0 heterocycles. The molecule has 0 bridgehead atoms. The Morgan fingerprint density at radius 1 is 1.26 bits per heavy atom. The lowest BCUT2D eigenvalue weighted by Crippen LogP contribution is -2.35. The molecule has 0 aliphatic heterocycles. The Labute approximate surface area is 116 Å². The van der Waals surface area contributed by atoms with Crippen LogP contribution in [0.25, 0.3) is 0 Å². The normalized spacial score (nSPS) is 12.0. The number of urea groups is 1. The Bertz CT molecular complexity index is 389. The SMILES string of the molecule is CCCN(CC)C(=O)Nc1ccc(C(C)NC)cc1. The Morgan fingerprint density at radius 3 is 2.37 bits per heavy atom. The van der Waals surface area contributed by atoms with E-state index in [4.69, 9.17) is 0 Å². The highest BCUT2D eigenvalue weighted by molar-refractivity contribution is 5.89. The van der Waals surface area contributed by atoms with Gasteiger partial charge in [0, 0.05) is 24.8 Å². The number of hydrogen-bond donors (Lipinski definition) is 2. The van der Waals surface area contributed by atoms with Crippen LogP contribution >= 0.6 is 0 Å². The van der Waals surface area contributed by atoms with Crippen molar-refractivity contribution in [3.8, 4) is 0 Å². The lowest BCUT2D eigenvalue weighted by Gasteiger charge is -2.20. The number of anilines is 1. The van der Waals surface area contributed by atoms with Gasteiger partial charge in [0.25, 0.3) is 0 Å². The fourth-order valence-electron chi connectivity index (χ4n) is 1.90. The van der Waals surface area contributed by atoms with E-state index in [0.717, 1.165) is 25.2 Å². The number of amides is 2. The van der Waals surface area contributed by atoms with Crippen LogP contribution in [-0.2, 0) is 0 Å². The number of rotatable bonds is 6. The Morgan fingerprint density at radius 2 is 1.89 bits per heavy atom. The molecular weight excluding hydrogens is 238 g/mol. The van der Waals surface area contributed by atoms with E-state index in [9.17, 15) is 4.79 Å². The molecule has 4 nitrogen and oxygen atoms in total. The van der Waals surface area contributed by atoms with Crippen LogP contribution in [0, 0.1) is 0 Å². The van der Waals surface area contributed by atoms with Crippen molar-refractivity contribution in [2.24, 2.45) is 0 Å². The van der Waals surface area contributed by atoms with E-state index in [1.165, 1.54) is 5.56 Å². The molecular formula is C15H25N3O. The highest BCUT2D eigenvalue weighted by Crippen LogP contribution is 2.16. The molecule has 0 saturated carbocycles. The van der Waals surface area contributed by atoms with E-state index in [-0.39, 0.29) is 6.03 Å². The summed E-state index contributed by atoms with van der Waals surface area (Å²) < 4.78 is 0. The Balaban J connectivity index is 2.64. The lowest BCUT2D eigenvalue weighted by molar-refractivity contribution is 0.214. The van der Waals surface area contributed by atoms with Gasteiger partial charge >= 0.3 is 6.03 Å². The summed E-state index contributed by atoms with van der Waals surface area (Å²) in [6, 6.07) is 8.25. The summed E-state index contributed by atoms with van der Waals surface area (Å²) in [5.41, 5.74) is 2.05. The smallest absolute Gasteiger partial charge is 0.321 e. The van der Waals surface area contributed by atoms with Gasteiger partial charge in [0.05, 0.1) is 0 Å². The molecule has 1 unspecified atom stereocenters. The van der Waals surface area contributed by atoms with Crippen LogP contribution in [0.15, 0.2) is 24.3 Å².